The van der Waals surface area contributed by atoms with Crippen molar-refractivity contribution in [2.24, 2.45) is 0 Å². The first-order valence-electron chi connectivity index (χ1n) is 5.17. The molecule has 2 rings (SSSR count). The number of thioether (sulfide) groups is 1. The summed E-state index contributed by atoms with van der Waals surface area (Å²) in [5, 5.41) is 1.66. The Morgan fingerprint density at radius 3 is 2.65 bits per heavy atom. The van der Waals surface area contributed by atoms with Gasteiger partial charge < -0.3 is 0 Å². The first kappa shape index (κ1) is 12.4. The van der Waals surface area contributed by atoms with Crippen LogP contribution < -0.4 is 5.56 Å². The second-order valence-corrected chi connectivity index (χ2v) is 5.01. The van der Waals surface area contributed by atoms with Gasteiger partial charge in [0.15, 0.2) is 5.16 Å². The maximum absolute atomic E-state index is 11.8. The molecule has 0 unspecified atom stereocenters. The normalized spacial score (nSPS) is 11.4. The quantitative estimate of drug-likeness (QED) is 0.478. The standard InChI is InChI=1S/C11H12ClN3OS/c1-6(2)15-8(16)5-4-7-9(12)13-11(17-3)14-10(7)15/h4-6H,1-3H3. The minimum absolute atomic E-state index is 0.0341. The van der Waals surface area contributed by atoms with Gasteiger partial charge in [0, 0.05) is 12.1 Å². The summed E-state index contributed by atoms with van der Waals surface area (Å²) in [5.74, 6) is 0. The average molecular weight is 270 g/mol. The Bertz CT molecular complexity index is 624. The van der Waals surface area contributed by atoms with Crippen molar-refractivity contribution in [2.75, 3.05) is 6.26 Å². The second kappa shape index (κ2) is 4.66. The highest BCUT2D eigenvalue weighted by Gasteiger charge is 2.12. The van der Waals surface area contributed by atoms with Crippen molar-refractivity contribution in [1.29, 1.82) is 0 Å². The monoisotopic (exact) mass is 269 g/mol. The van der Waals surface area contributed by atoms with E-state index in [9.17, 15) is 4.79 Å². The van der Waals surface area contributed by atoms with E-state index in [4.69, 9.17) is 11.6 Å². The summed E-state index contributed by atoms with van der Waals surface area (Å²) >= 11 is 7.49. The highest BCUT2D eigenvalue weighted by molar-refractivity contribution is 7.98. The molecule has 0 N–H and O–H groups in total. The predicted molar refractivity (Wildman–Crippen MR) is 71.0 cm³/mol. The van der Waals surface area contributed by atoms with E-state index < -0.39 is 0 Å². The summed E-state index contributed by atoms with van der Waals surface area (Å²) in [6, 6.07) is 3.20. The third kappa shape index (κ3) is 2.17. The Hall–Kier alpha value is -1.07. The van der Waals surface area contributed by atoms with E-state index in [0.29, 0.717) is 21.3 Å². The first-order valence-corrected chi connectivity index (χ1v) is 6.77. The highest BCUT2D eigenvalue weighted by atomic mass is 35.5. The molecule has 2 aromatic rings. The molecule has 2 heterocycles. The Morgan fingerprint density at radius 1 is 1.35 bits per heavy atom. The fourth-order valence-corrected chi connectivity index (χ4v) is 2.31. The number of halogens is 1. The van der Waals surface area contributed by atoms with Crippen molar-refractivity contribution >= 4 is 34.4 Å². The van der Waals surface area contributed by atoms with Crippen LogP contribution in [0.25, 0.3) is 11.0 Å². The van der Waals surface area contributed by atoms with Crippen molar-refractivity contribution in [3.05, 3.63) is 27.6 Å². The lowest BCUT2D eigenvalue weighted by atomic mass is 10.3. The van der Waals surface area contributed by atoms with E-state index in [-0.39, 0.29) is 11.6 Å². The number of hydrogen-bond donors (Lipinski definition) is 0. The minimum Gasteiger partial charge on any atom is -0.290 e. The molecule has 0 aliphatic rings. The van der Waals surface area contributed by atoms with E-state index in [1.165, 1.54) is 17.8 Å². The minimum atomic E-state index is -0.0747. The van der Waals surface area contributed by atoms with Crippen LogP contribution in [0, 0.1) is 0 Å². The van der Waals surface area contributed by atoms with Gasteiger partial charge in [0.1, 0.15) is 10.8 Å². The molecular formula is C11H12ClN3OS. The molecule has 0 aromatic carbocycles. The number of rotatable bonds is 2. The number of hydrogen-bond acceptors (Lipinski definition) is 4. The van der Waals surface area contributed by atoms with Crippen LogP contribution in [0.15, 0.2) is 22.1 Å². The average Bonchev–Trinajstić information content (AvgIpc) is 2.27. The Labute approximate surface area is 108 Å². The summed E-state index contributed by atoms with van der Waals surface area (Å²) < 4.78 is 1.63. The van der Waals surface area contributed by atoms with Gasteiger partial charge in [-0.2, -0.15) is 0 Å². The molecule has 0 amide bonds. The maximum Gasteiger partial charge on any atom is 0.252 e. The third-order valence-electron chi connectivity index (χ3n) is 2.42. The largest absolute Gasteiger partial charge is 0.290 e. The third-order valence-corrected chi connectivity index (χ3v) is 3.25. The van der Waals surface area contributed by atoms with E-state index in [1.54, 1.807) is 10.6 Å². The smallest absolute Gasteiger partial charge is 0.252 e. The molecule has 0 aliphatic carbocycles. The van der Waals surface area contributed by atoms with Gasteiger partial charge in [-0.3, -0.25) is 9.36 Å². The van der Waals surface area contributed by atoms with Crippen molar-refractivity contribution in [1.82, 2.24) is 14.5 Å². The van der Waals surface area contributed by atoms with Gasteiger partial charge in [-0.05, 0) is 26.2 Å². The molecule has 4 nitrogen and oxygen atoms in total. The lowest BCUT2D eigenvalue weighted by molar-refractivity contribution is 0.592. The van der Waals surface area contributed by atoms with Gasteiger partial charge in [0.2, 0.25) is 0 Å². The first-order chi connectivity index (χ1) is 8.04. The highest BCUT2D eigenvalue weighted by Crippen LogP contribution is 2.23. The molecule has 0 saturated heterocycles. The topological polar surface area (TPSA) is 47.8 Å². The van der Waals surface area contributed by atoms with Crippen LogP contribution >= 0.6 is 23.4 Å². The Balaban J connectivity index is 2.92. The second-order valence-electron chi connectivity index (χ2n) is 3.87. The lowest BCUT2D eigenvalue weighted by Crippen LogP contribution is -2.22. The fraction of sp³-hybridized carbons (Fsp3) is 0.364. The Kier molecular flexibility index (Phi) is 3.40. The molecule has 0 aliphatic heterocycles. The SMILES string of the molecule is CSc1nc(Cl)c2ccc(=O)n(C(C)C)c2n1. The molecule has 17 heavy (non-hydrogen) atoms. The summed E-state index contributed by atoms with van der Waals surface area (Å²) in [6.45, 7) is 3.88. The number of nitrogens with zero attached hydrogens (tertiary/aromatic N) is 3. The molecule has 2 aromatic heterocycles. The van der Waals surface area contributed by atoms with E-state index in [1.807, 2.05) is 20.1 Å². The van der Waals surface area contributed by atoms with Gasteiger partial charge in [-0.15, -0.1) is 0 Å². The molecule has 0 atom stereocenters. The van der Waals surface area contributed by atoms with Gasteiger partial charge in [-0.1, -0.05) is 23.4 Å². The van der Waals surface area contributed by atoms with Gasteiger partial charge in [-0.25, -0.2) is 9.97 Å². The van der Waals surface area contributed by atoms with Crippen LogP contribution in [0.1, 0.15) is 19.9 Å². The molecule has 90 valence electrons. The number of pyridine rings is 1. The zero-order valence-corrected chi connectivity index (χ0v) is 11.3. The van der Waals surface area contributed by atoms with Crippen LogP contribution in [-0.4, -0.2) is 20.8 Å². The summed E-state index contributed by atoms with van der Waals surface area (Å²) in [5.41, 5.74) is 0.520. The molecule has 0 saturated carbocycles. The lowest BCUT2D eigenvalue weighted by Gasteiger charge is -2.13. The molecule has 6 heteroatoms. The van der Waals surface area contributed by atoms with Crippen LogP contribution in [-0.2, 0) is 0 Å². The summed E-state index contributed by atoms with van der Waals surface area (Å²) in [6.07, 6.45) is 1.87. The molecular weight excluding hydrogens is 258 g/mol. The Morgan fingerprint density at radius 2 is 2.06 bits per heavy atom. The van der Waals surface area contributed by atoms with Crippen LogP contribution in [0.5, 0.6) is 0 Å². The molecule has 0 spiro atoms. The predicted octanol–water partition coefficient (Wildman–Crippen LogP) is 2.75. The van der Waals surface area contributed by atoms with Gasteiger partial charge in [0.05, 0.1) is 5.39 Å². The maximum atomic E-state index is 11.8. The van der Waals surface area contributed by atoms with Gasteiger partial charge >= 0.3 is 0 Å². The number of fused-ring (bicyclic) bond motifs is 1. The van der Waals surface area contributed by atoms with Gasteiger partial charge in [0.25, 0.3) is 5.56 Å². The molecule has 0 fully saturated rings. The van der Waals surface area contributed by atoms with Crippen LogP contribution in [0.2, 0.25) is 5.15 Å². The fourth-order valence-electron chi connectivity index (χ4n) is 1.67. The molecule has 0 radical (unpaired) electrons. The van der Waals surface area contributed by atoms with Crippen molar-refractivity contribution in [2.45, 2.75) is 25.0 Å². The van der Waals surface area contributed by atoms with Crippen molar-refractivity contribution in [3.8, 4) is 0 Å². The molecule has 0 bridgehead atoms. The zero-order chi connectivity index (χ0) is 12.6. The summed E-state index contributed by atoms with van der Waals surface area (Å²) in [7, 11) is 0. The van der Waals surface area contributed by atoms with E-state index >= 15 is 0 Å². The zero-order valence-electron chi connectivity index (χ0n) is 9.77. The van der Waals surface area contributed by atoms with Crippen molar-refractivity contribution in [3.63, 3.8) is 0 Å². The van der Waals surface area contributed by atoms with Crippen LogP contribution in [0.3, 0.4) is 0 Å². The van der Waals surface area contributed by atoms with Crippen molar-refractivity contribution < 1.29 is 0 Å². The summed E-state index contributed by atoms with van der Waals surface area (Å²) in [4.78, 5) is 20.4. The van der Waals surface area contributed by atoms with Crippen LogP contribution in [0.4, 0.5) is 0 Å². The van der Waals surface area contributed by atoms with E-state index in [0.717, 1.165) is 0 Å². The van der Waals surface area contributed by atoms with E-state index in [2.05, 4.69) is 9.97 Å². The number of aromatic nitrogens is 3.